The van der Waals surface area contributed by atoms with Crippen molar-refractivity contribution in [3.05, 3.63) is 41.8 Å². The smallest absolute Gasteiger partial charge is 0.318 e. The predicted molar refractivity (Wildman–Crippen MR) is 101 cm³/mol. The fraction of sp³-hybridized carbons (Fsp3) is 0.550. The highest BCUT2D eigenvalue weighted by molar-refractivity contribution is 5.74. The number of urea groups is 1. The minimum Gasteiger partial charge on any atom is -0.493 e. The van der Waals surface area contributed by atoms with Crippen molar-refractivity contribution in [2.24, 2.45) is 5.92 Å². The van der Waals surface area contributed by atoms with E-state index in [4.69, 9.17) is 9.26 Å². The summed E-state index contributed by atoms with van der Waals surface area (Å²) in [4.78, 5) is 18.8. The molecule has 28 heavy (non-hydrogen) atoms. The van der Waals surface area contributed by atoms with Gasteiger partial charge < -0.3 is 19.5 Å². The largest absolute Gasteiger partial charge is 0.493 e. The van der Waals surface area contributed by atoms with Gasteiger partial charge in [0.05, 0.1) is 6.61 Å². The predicted octanol–water partition coefficient (Wildman–Crippen LogP) is 3.72. The van der Waals surface area contributed by atoms with Crippen molar-refractivity contribution in [1.82, 2.24) is 20.4 Å². The molecule has 0 spiro atoms. The molecular weight excluding hydrogens is 363 g/mol. The Bertz CT molecular complexity index is 763. The SMILES string of the molecule is CC(C)CNC(=O)N1CCCCC1c1nc(CCOc2ccc(F)cc2)no1. The number of nitrogens with one attached hydrogen (secondary N) is 1. The second-order valence-electron chi connectivity index (χ2n) is 7.39. The van der Waals surface area contributed by atoms with E-state index in [-0.39, 0.29) is 17.9 Å². The number of hydrogen-bond donors (Lipinski definition) is 1. The number of ether oxygens (including phenoxy) is 1. The molecule has 1 N–H and O–H groups in total. The number of hydrogen-bond acceptors (Lipinski definition) is 5. The molecule has 1 aliphatic rings. The molecule has 3 rings (SSSR count). The number of halogens is 1. The van der Waals surface area contributed by atoms with Gasteiger partial charge in [-0.1, -0.05) is 19.0 Å². The van der Waals surface area contributed by atoms with Crippen molar-refractivity contribution < 1.29 is 18.4 Å². The molecule has 152 valence electrons. The average molecular weight is 390 g/mol. The van der Waals surface area contributed by atoms with Gasteiger partial charge in [-0.05, 0) is 49.4 Å². The zero-order valence-electron chi connectivity index (χ0n) is 16.4. The summed E-state index contributed by atoms with van der Waals surface area (Å²) in [6.45, 7) is 5.80. The van der Waals surface area contributed by atoms with Crippen LogP contribution in [0.1, 0.15) is 50.9 Å². The number of piperidine rings is 1. The van der Waals surface area contributed by atoms with E-state index in [0.29, 0.717) is 49.5 Å². The number of benzene rings is 1. The lowest BCUT2D eigenvalue weighted by Crippen LogP contribution is -2.45. The summed E-state index contributed by atoms with van der Waals surface area (Å²) in [6, 6.07) is 5.57. The van der Waals surface area contributed by atoms with Crippen molar-refractivity contribution >= 4 is 6.03 Å². The number of likely N-dealkylation sites (tertiary alicyclic amines) is 1. The number of aromatic nitrogens is 2. The van der Waals surface area contributed by atoms with E-state index in [1.165, 1.54) is 12.1 Å². The Morgan fingerprint density at radius 2 is 2.14 bits per heavy atom. The summed E-state index contributed by atoms with van der Waals surface area (Å²) in [7, 11) is 0. The van der Waals surface area contributed by atoms with Gasteiger partial charge in [0, 0.05) is 19.5 Å². The summed E-state index contributed by atoms with van der Waals surface area (Å²) in [6.07, 6.45) is 3.26. The zero-order chi connectivity index (χ0) is 19.9. The van der Waals surface area contributed by atoms with Crippen LogP contribution in [0, 0.1) is 11.7 Å². The van der Waals surface area contributed by atoms with Crippen LogP contribution in [0.2, 0.25) is 0 Å². The standard InChI is InChI=1S/C20H27FN4O3/c1-14(2)13-22-20(26)25-11-4-3-5-17(25)19-23-18(24-28-19)10-12-27-16-8-6-15(21)7-9-16/h6-9,14,17H,3-5,10-13H2,1-2H3,(H,22,26). The Morgan fingerprint density at radius 3 is 2.89 bits per heavy atom. The molecule has 1 saturated heterocycles. The highest BCUT2D eigenvalue weighted by Crippen LogP contribution is 2.30. The number of nitrogens with zero attached hydrogens (tertiary/aromatic N) is 3. The Labute approximate surface area is 164 Å². The van der Waals surface area contributed by atoms with Crippen LogP contribution in [0.4, 0.5) is 9.18 Å². The first-order valence-electron chi connectivity index (χ1n) is 9.78. The quantitative estimate of drug-likeness (QED) is 0.779. The second-order valence-corrected chi connectivity index (χ2v) is 7.39. The van der Waals surface area contributed by atoms with Gasteiger partial charge in [0.1, 0.15) is 17.6 Å². The van der Waals surface area contributed by atoms with E-state index < -0.39 is 0 Å². The van der Waals surface area contributed by atoms with E-state index in [1.54, 1.807) is 17.0 Å². The van der Waals surface area contributed by atoms with Crippen LogP contribution < -0.4 is 10.1 Å². The van der Waals surface area contributed by atoms with E-state index in [0.717, 1.165) is 19.3 Å². The highest BCUT2D eigenvalue weighted by Gasteiger charge is 2.32. The van der Waals surface area contributed by atoms with Crippen LogP contribution in [0.5, 0.6) is 5.75 Å². The lowest BCUT2D eigenvalue weighted by Gasteiger charge is -2.33. The van der Waals surface area contributed by atoms with Gasteiger partial charge >= 0.3 is 6.03 Å². The van der Waals surface area contributed by atoms with Gasteiger partial charge in [-0.3, -0.25) is 0 Å². The van der Waals surface area contributed by atoms with Crippen LogP contribution >= 0.6 is 0 Å². The molecule has 0 bridgehead atoms. The van der Waals surface area contributed by atoms with E-state index in [9.17, 15) is 9.18 Å². The van der Waals surface area contributed by atoms with E-state index in [2.05, 4.69) is 29.3 Å². The normalized spacial score (nSPS) is 17.0. The summed E-state index contributed by atoms with van der Waals surface area (Å²) in [5.74, 6) is 1.68. The number of carbonyl (C=O) groups excluding carboxylic acids is 1. The number of amides is 2. The van der Waals surface area contributed by atoms with Crippen molar-refractivity contribution in [2.45, 2.75) is 45.6 Å². The molecule has 2 heterocycles. The average Bonchev–Trinajstić information content (AvgIpc) is 3.16. The minimum atomic E-state index is -0.301. The molecule has 0 saturated carbocycles. The van der Waals surface area contributed by atoms with Crippen LogP contribution in [0.25, 0.3) is 0 Å². The minimum absolute atomic E-state index is 0.0854. The molecular formula is C20H27FN4O3. The molecule has 1 unspecified atom stereocenters. The third kappa shape index (κ3) is 5.43. The van der Waals surface area contributed by atoms with Gasteiger partial charge in [0.25, 0.3) is 0 Å². The fourth-order valence-corrected chi connectivity index (χ4v) is 3.12. The Balaban J connectivity index is 1.56. The summed E-state index contributed by atoms with van der Waals surface area (Å²) in [5, 5.41) is 6.99. The molecule has 1 fully saturated rings. The highest BCUT2D eigenvalue weighted by atomic mass is 19.1. The molecule has 2 aromatic rings. The van der Waals surface area contributed by atoms with Gasteiger partial charge in [-0.15, -0.1) is 0 Å². The van der Waals surface area contributed by atoms with Crippen LogP contribution in [-0.2, 0) is 6.42 Å². The number of carbonyl (C=O) groups is 1. The lowest BCUT2D eigenvalue weighted by molar-refractivity contribution is 0.131. The lowest BCUT2D eigenvalue weighted by atomic mass is 10.0. The molecule has 8 heteroatoms. The first-order valence-corrected chi connectivity index (χ1v) is 9.78. The third-order valence-corrected chi connectivity index (χ3v) is 4.60. The fourth-order valence-electron chi connectivity index (χ4n) is 3.12. The van der Waals surface area contributed by atoms with Crippen LogP contribution in [0.15, 0.2) is 28.8 Å². The summed E-state index contributed by atoms with van der Waals surface area (Å²) < 4.78 is 23.9. The molecule has 1 atom stereocenters. The van der Waals surface area contributed by atoms with Gasteiger partial charge in [-0.25, -0.2) is 9.18 Å². The maximum atomic E-state index is 12.9. The maximum Gasteiger partial charge on any atom is 0.318 e. The Kier molecular flexibility index (Phi) is 6.84. The van der Waals surface area contributed by atoms with Crippen LogP contribution in [-0.4, -0.2) is 40.8 Å². The van der Waals surface area contributed by atoms with Crippen molar-refractivity contribution in [1.29, 1.82) is 0 Å². The van der Waals surface area contributed by atoms with Crippen LogP contribution in [0.3, 0.4) is 0 Å². The van der Waals surface area contributed by atoms with Gasteiger partial charge in [0.15, 0.2) is 5.82 Å². The number of rotatable bonds is 7. The van der Waals surface area contributed by atoms with Crippen molar-refractivity contribution in [2.75, 3.05) is 19.7 Å². The Morgan fingerprint density at radius 1 is 1.36 bits per heavy atom. The molecule has 0 radical (unpaired) electrons. The molecule has 1 aliphatic heterocycles. The molecule has 7 nitrogen and oxygen atoms in total. The maximum absolute atomic E-state index is 12.9. The first kappa shape index (κ1) is 20.1. The van der Waals surface area contributed by atoms with Crippen molar-refractivity contribution in [3.63, 3.8) is 0 Å². The third-order valence-electron chi connectivity index (χ3n) is 4.60. The molecule has 0 aliphatic carbocycles. The van der Waals surface area contributed by atoms with E-state index >= 15 is 0 Å². The topological polar surface area (TPSA) is 80.5 Å². The molecule has 2 amide bonds. The van der Waals surface area contributed by atoms with Crippen molar-refractivity contribution in [3.8, 4) is 5.75 Å². The molecule has 1 aromatic heterocycles. The Hall–Kier alpha value is -2.64. The summed E-state index contributed by atoms with van der Waals surface area (Å²) in [5.41, 5.74) is 0. The molecule has 1 aromatic carbocycles. The van der Waals surface area contributed by atoms with Gasteiger partial charge in [-0.2, -0.15) is 4.98 Å². The summed E-state index contributed by atoms with van der Waals surface area (Å²) >= 11 is 0. The zero-order valence-corrected chi connectivity index (χ0v) is 16.4. The first-order chi connectivity index (χ1) is 13.5. The monoisotopic (exact) mass is 390 g/mol. The second kappa shape index (κ2) is 9.52. The van der Waals surface area contributed by atoms with E-state index in [1.807, 2.05) is 0 Å². The van der Waals surface area contributed by atoms with Gasteiger partial charge in [0.2, 0.25) is 5.89 Å².